The summed E-state index contributed by atoms with van der Waals surface area (Å²) in [6.07, 6.45) is 2.67. The second-order valence-electron chi connectivity index (χ2n) is 5.96. The lowest BCUT2D eigenvalue weighted by atomic mass is 10.1. The van der Waals surface area contributed by atoms with Crippen molar-refractivity contribution in [3.8, 4) is 0 Å². The van der Waals surface area contributed by atoms with Crippen LogP contribution in [-0.2, 0) is 11.3 Å². The third-order valence-electron chi connectivity index (χ3n) is 3.92. The summed E-state index contributed by atoms with van der Waals surface area (Å²) in [5.74, 6) is 0. The van der Waals surface area contributed by atoms with Crippen LogP contribution < -0.4 is 10.2 Å². The number of anilines is 1. The number of hydrogen-bond donors (Lipinski definition) is 1. The minimum absolute atomic E-state index is 0.340. The highest BCUT2D eigenvalue weighted by atomic mass is 35.5. The molecule has 3 nitrogen and oxygen atoms in total. The minimum atomic E-state index is 0.340. The fourth-order valence-corrected chi connectivity index (χ4v) is 3.10. The molecule has 0 aliphatic carbocycles. The lowest BCUT2D eigenvalue weighted by molar-refractivity contribution is 0.115. The summed E-state index contributed by atoms with van der Waals surface area (Å²) >= 11 is 6.49. The van der Waals surface area contributed by atoms with E-state index in [1.54, 1.807) is 0 Å². The predicted octanol–water partition coefficient (Wildman–Crippen LogP) is 3.84. The first-order chi connectivity index (χ1) is 10.1. The van der Waals surface area contributed by atoms with Crippen molar-refractivity contribution in [2.75, 3.05) is 24.6 Å². The first-order valence-electron chi connectivity index (χ1n) is 7.99. The fraction of sp³-hybridized carbons (Fsp3) is 0.647. The minimum Gasteiger partial charge on any atom is -0.376 e. The molecule has 1 saturated heterocycles. The monoisotopic (exact) mass is 310 g/mol. The summed E-state index contributed by atoms with van der Waals surface area (Å²) in [5.41, 5.74) is 2.42. The molecule has 0 saturated carbocycles. The van der Waals surface area contributed by atoms with E-state index in [0.29, 0.717) is 12.1 Å². The Kier molecular flexibility index (Phi) is 6.34. The highest BCUT2D eigenvalue weighted by molar-refractivity contribution is 6.33. The highest BCUT2D eigenvalue weighted by Crippen LogP contribution is 2.31. The average molecular weight is 311 g/mol. The van der Waals surface area contributed by atoms with E-state index < -0.39 is 0 Å². The Morgan fingerprint density at radius 3 is 2.86 bits per heavy atom. The van der Waals surface area contributed by atoms with Gasteiger partial charge in [0.25, 0.3) is 0 Å². The van der Waals surface area contributed by atoms with Crippen molar-refractivity contribution in [2.45, 2.75) is 52.3 Å². The highest BCUT2D eigenvalue weighted by Gasteiger charge is 2.21. The third kappa shape index (κ3) is 4.60. The smallest absolute Gasteiger partial charge is 0.0750 e. The molecule has 21 heavy (non-hydrogen) atoms. The Morgan fingerprint density at radius 1 is 1.43 bits per heavy atom. The normalized spacial score (nSPS) is 18.4. The van der Waals surface area contributed by atoms with Crippen molar-refractivity contribution < 1.29 is 4.74 Å². The molecule has 1 aromatic rings. The van der Waals surface area contributed by atoms with Crippen molar-refractivity contribution in [3.63, 3.8) is 0 Å². The van der Waals surface area contributed by atoms with Gasteiger partial charge in [0.1, 0.15) is 0 Å². The van der Waals surface area contributed by atoms with Gasteiger partial charge in [0, 0.05) is 32.3 Å². The maximum Gasteiger partial charge on any atom is 0.0750 e. The molecule has 1 aliphatic rings. The number of rotatable bonds is 7. The molecule has 1 atom stereocenters. The SMILES string of the molecule is CCN(CC1CCCO1)c1c(Cl)cccc1CNC(C)C. The van der Waals surface area contributed by atoms with Gasteiger partial charge in [-0.15, -0.1) is 0 Å². The molecule has 0 amide bonds. The Bertz CT molecular complexity index is 444. The maximum absolute atomic E-state index is 6.49. The lowest BCUT2D eigenvalue weighted by Gasteiger charge is -2.29. The van der Waals surface area contributed by atoms with Crippen LogP contribution in [-0.4, -0.2) is 31.8 Å². The average Bonchev–Trinajstić information content (AvgIpc) is 2.96. The summed E-state index contributed by atoms with van der Waals surface area (Å²) in [5, 5.41) is 4.32. The van der Waals surface area contributed by atoms with Crippen LogP contribution in [0.2, 0.25) is 5.02 Å². The molecule has 2 rings (SSSR count). The molecular formula is C17H27ClN2O. The van der Waals surface area contributed by atoms with E-state index in [1.807, 2.05) is 12.1 Å². The van der Waals surface area contributed by atoms with Crippen molar-refractivity contribution in [3.05, 3.63) is 28.8 Å². The molecule has 1 unspecified atom stereocenters. The molecule has 0 aromatic heterocycles. The summed E-state index contributed by atoms with van der Waals surface area (Å²) < 4.78 is 5.78. The van der Waals surface area contributed by atoms with Gasteiger partial charge >= 0.3 is 0 Å². The molecule has 1 aromatic carbocycles. The lowest BCUT2D eigenvalue weighted by Crippen LogP contribution is -2.33. The number of para-hydroxylation sites is 1. The van der Waals surface area contributed by atoms with Gasteiger partial charge in [0.05, 0.1) is 16.8 Å². The van der Waals surface area contributed by atoms with Gasteiger partial charge < -0.3 is 15.0 Å². The fourth-order valence-electron chi connectivity index (χ4n) is 2.78. The van der Waals surface area contributed by atoms with Gasteiger partial charge in [-0.1, -0.05) is 37.6 Å². The zero-order valence-electron chi connectivity index (χ0n) is 13.4. The van der Waals surface area contributed by atoms with Crippen LogP contribution in [0.5, 0.6) is 0 Å². The molecular weight excluding hydrogens is 284 g/mol. The topological polar surface area (TPSA) is 24.5 Å². The molecule has 0 radical (unpaired) electrons. The predicted molar refractivity (Wildman–Crippen MR) is 90.3 cm³/mol. The second kappa shape index (κ2) is 8.02. The van der Waals surface area contributed by atoms with Crippen LogP contribution in [0.3, 0.4) is 0 Å². The zero-order valence-corrected chi connectivity index (χ0v) is 14.1. The molecule has 118 valence electrons. The van der Waals surface area contributed by atoms with Crippen molar-refractivity contribution in [1.82, 2.24) is 5.32 Å². The van der Waals surface area contributed by atoms with Crippen LogP contribution in [0.4, 0.5) is 5.69 Å². The molecule has 1 aliphatic heterocycles. The Hall–Kier alpha value is -0.770. The van der Waals surface area contributed by atoms with E-state index in [1.165, 1.54) is 12.0 Å². The number of hydrogen-bond acceptors (Lipinski definition) is 3. The number of halogens is 1. The van der Waals surface area contributed by atoms with E-state index in [4.69, 9.17) is 16.3 Å². The number of benzene rings is 1. The summed E-state index contributed by atoms with van der Waals surface area (Å²) in [7, 11) is 0. The molecule has 4 heteroatoms. The van der Waals surface area contributed by atoms with Gasteiger partial charge in [0.15, 0.2) is 0 Å². The Morgan fingerprint density at radius 2 is 2.24 bits per heavy atom. The first-order valence-corrected chi connectivity index (χ1v) is 8.37. The van der Waals surface area contributed by atoms with Crippen LogP contribution in [0.15, 0.2) is 18.2 Å². The van der Waals surface area contributed by atoms with Crippen LogP contribution in [0.25, 0.3) is 0 Å². The molecule has 1 N–H and O–H groups in total. The zero-order chi connectivity index (χ0) is 15.2. The first kappa shape index (κ1) is 16.6. The number of likely N-dealkylation sites (N-methyl/N-ethyl adjacent to an activating group) is 1. The summed E-state index contributed by atoms with van der Waals surface area (Å²) in [6.45, 7) is 10.1. The largest absolute Gasteiger partial charge is 0.376 e. The standard InChI is InChI=1S/C17H27ClN2O/c1-4-20(12-15-8-6-10-21-15)17-14(11-19-13(2)3)7-5-9-16(17)18/h5,7,9,13,15,19H,4,6,8,10-12H2,1-3H3. The van der Waals surface area contributed by atoms with Crippen molar-refractivity contribution in [1.29, 1.82) is 0 Å². The number of nitrogens with zero attached hydrogens (tertiary/aromatic N) is 1. The van der Waals surface area contributed by atoms with Gasteiger partial charge in [0.2, 0.25) is 0 Å². The summed E-state index contributed by atoms with van der Waals surface area (Å²) in [4.78, 5) is 2.36. The molecule has 1 fully saturated rings. The van der Waals surface area contributed by atoms with E-state index >= 15 is 0 Å². The summed E-state index contributed by atoms with van der Waals surface area (Å²) in [6, 6.07) is 6.64. The van der Waals surface area contributed by atoms with Gasteiger partial charge in [-0.3, -0.25) is 0 Å². The maximum atomic E-state index is 6.49. The van der Waals surface area contributed by atoms with E-state index in [2.05, 4.69) is 37.1 Å². The quantitative estimate of drug-likeness (QED) is 0.828. The third-order valence-corrected chi connectivity index (χ3v) is 4.22. The second-order valence-corrected chi connectivity index (χ2v) is 6.36. The van der Waals surface area contributed by atoms with Crippen LogP contribution in [0.1, 0.15) is 39.2 Å². The molecule has 1 heterocycles. The molecule has 0 bridgehead atoms. The van der Waals surface area contributed by atoms with Crippen LogP contribution >= 0.6 is 11.6 Å². The Labute approximate surface area is 133 Å². The van der Waals surface area contributed by atoms with E-state index in [9.17, 15) is 0 Å². The van der Waals surface area contributed by atoms with Crippen molar-refractivity contribution >= 4 is 17.3 Å². The van der Waals surface area contributed by atoms with Crippen LogP contribution in [0, 0.1) is 0 Å². The van der Waals surface area contributed by atoms with E-state index in [-0.39, 0.29) is 0 Å². The van der Waals surface area contributed by atoms with Gasteiger partial charge in [-0.05, 0) is 31.4 Å². The number of nitrogens with one attached hydrogen (secondary N) is 1. The molecule has 0 spiro atoms. The van der Waals surface area contributed by atoms with Crippen molar-refractivity contribution in [2.24, 2.45) is 0 Å². The van der Waals surface area contributed by atoms with E-state index in [0.717, 1.165) is 43.4 Å². The van der Waals surface area contributed by atoms with Gasteiger partial charge in [-0.25, -0.2) is 0 Å². The van der Waals surface area contributed by atoms with Gasteiger partial charge in [-0.2, -0.15) is 0 Å². The Balaban J connectivity index is 2.17. The number of ether oxygens (including phenoxy) is 1.